The summed E-state index contributed by atoms with van der Waals surface area (Å²) in [6.45, 7) is 0. The van der Waals surface area contributed by atoms with E-state index in [-0.39, 0.29) is 0 Å². The third-order valence-corrected chi connectivity index (χ3v) is 3.76. The van der Waals surface area contributed by atoms with Crippen LogP contribution in [0.25, 0.3) is 0 Å². The standard InChI is InChI=1S/C11H25BrSi/c12-10-8-6-4-2-1-3-5-7-9-11-13/h1-11H2,13H3. The summed E-state index contributed by atoms with van der Waals surface area (Å²) in [7, 11) is 1.41. The summed E-state index contributed by atoms with van der Waals surface area (Å²) in [6, 6.07) is 1.51. The molecule has 0 saturated heterocycles. The third-order valence-electron chi connectivity index (χ3n) is 2.49. The summed E-state index contributed by atoms with van der Waals surface area (Å²) in [6.07, 6.45) is 13.1. The van der Waals surface area contributed by atoms with Gasteiger partial charge in [-0.1, -0.05) is 73.3 Å². The molecule has 0 aromatic heterocycles. The number of halogens is 1. The molecule has 0 nitrogen and oxygen atoms in total. The van der Waals surface area contributed by atoms with E-state index < -0.39 is 0 Å². The second kappa shape index (κ2) is 12.7. The van der Waals surface area contributed by atoms with Gasteiger partial charge in [-0.2, -0.15) is 0 Å². The minimum atomic E-state index is 1.19. The van der Waals surface area contributed by atoms with Crippen LogP contribution >= 0.6 is 15.9 Å². The van der Waals surface area contributed by atoms with Crippen molar-refractivity contribution in [1.82, 2.24) is 0 Å². The highest BCUT2D eigenvalue weighted by Crippen LogP contribution is 2.10. The van der Waals surface area contributed by atoms with Crippen LogP contribution in [0.2, 0.25) is 6.04 Å². The minimum absolute atomic E-state index is 1.19. The summed E-state index contributed by atoms with van der Waals surface area (Å²) in [5, 5.41) is 1.19. The zero-order valence-electron chi connectivity index (χ0n) is 9.16. The van der Waals surface area contributed by atoms with Gasteiger partial charge in [0, 0.05) is 15.6 Å². The molecule has 0 aliphatic heterocycles. The van der Waals surface area contributed by atoms with Crippen molar-refractivity contribution in [2.75, 3.05) is 5.33 Å². The molecule has 0 aromatic carbocycles. The van der Waals surface area contributed by atoms with Crippen molar-refractivity contribution in [2.45, 2.75) is 63.8 Å². The lowest BCUT2D eigenvalue weighted by atomic mass is 10.1. The Hall–Kier alpha value is 0.697. The quantitative estimate of drug-likeness (QED) is 0.321. The lowest BCUT2D eigenvalue weighted by molar-refractivity contribution is 0.573. The molecule has 0 aliphatic carbocycles. The molecule has 0 rings (SSSR count). The molecule has 13 heavy (non-hydrogen) atoms. The van der Waals surface area contributed by atoms with Gasteiger partial charge in [-0.15, -0.1) is 0 Å². The Labute approximate surface area is 95.4 Å². The third kappa shape index (κ3) is 12.7. The molecule has 0 radical (unpaired) electrons. The predicted octanol–water partition coefficient (Wildman–Crippen LogP) is 3.68. The van der Waals surface area contributed by atoms with E-state index in [0.717, 1.165) is 0 Å². The molecule has 0 spiro atoms. The largest absolute Gasteiger partial charge is 0.0928 e. The van der Waals surface area contributed by atoms with Crippen LogP contribution in [-0.4, -0.2) is 15.6 Å². The lowest BCUT2D eigenvalue weighted by Gasteiger charge is -2.00. The van der Waals surface area contributed by atoms with Crippen molar-refractivity contribution in [1.29, 1.82) is 0 Å². The highest BCUT2D eigenvalue weighted by molar-refractivity contribution is 9.09. The van der Waals surface area contributed by atoms with Crippen LogP contribution in [0.15, 0.2) is 0 Å². The highest BCUT2D eigenvalue weighted by Gasteiger charge is 1.91. The maximum absolute atomic E-state index is 3.46. The second-order valence-corrected chi connectivity index (χ2v) is 5.66. The Kier molecular flexibility index (Phi) is 13.4. The van der Waals surface area contributed by atoms with Gasteiger partial charge in [0.1, 0.15) is 0 Å². The van der Waals surface area contributed by atoms with Gasteiger partial charge in [-0.3, -0.25) is 0 Å². The molecule has 0 atom stereocenters. The SMILES string of the molecule is [SiH3]CCCCCCCCCCCBr. The highest BCUT2D eigenvalue weighted by atomic mass is 79.9. The number of hydrogen-bond acceptors (Lipinski definition) is 0. The number of alkyl halides is 1. The lowest BCUT2D eigenvalue weighted by Crippen LogP contribution is -1.82. The fraction of sp³-hybridized carbons (Fsp3) is 1.00. The molecule has 80 valence electrons. The van der Waals surface area contributed by atoms with Crippen molar-refractivity contribution in [3.63, 3.8) is 0 Å². The average molecular weight is 265 g/mol. The Balaban J connectivity index is 2.76. The monoisotopic (exact) mass is 264 g/mol. The first-order valence-electron chi connectivity index (χ1n) is 5.97. The summed E-state index contributed by atoms with van der Waals surface area (Å²) in [5.74, 6) is 0. The smallest absolute Gasteiger partial charge is 0.00313 e. The van der Waals surface area contributed by atoms with Crippen molar-refractivity contribution < 1.29 is 0 Å². The first-order chi connectivity index (χ1) is 6.41. The number of rotatable bonds is 10. The molecule has 0 unspecified atom stereocenters. The average Bonchev–Trinajstić information content (AvgIpc) is 2.16. The molecule has 0 aliphatic rings. The van der Waals surface area contributed by atoms with Gasteiger partial charge in [0.15, 0.2) is 0 Å². The number of unbranched alkanes of at least 4 members (excludes halogenated alkanes) is 8. The first-order valence-corrected chi connectivity index (χ1v) is 8.51. The molecule has 0 bridgehead atoms. The van der Waals surface area contributed by atoms with Gasteiger partial charge in [0.2, 0.25) is 0 Å². The van der Waals surface area contributed by atoms with E-state index in [2.05, 4.69) is 15.9 Å². The predicted molar refractivity (Wildman–Crippen MR) is 70.1 cm³/mol. The van der Waals surface area contributed by atoms with Crippen LogP contribution in [0.5, 0.6) is 0 Å². The molecule has 0 N–H and O–H groups in total. The topological polar surface area (TPSA) is 0 Å². The zero-order chi connectivity index (χ0) is 9.78. The maximum Gasteiger partial charge on any atom is 0.00313 e. The van der Waals surface area contributed by atoms with E-state index in [1.807, 2.05) is 0 Å². The van der Waals surface area contributed by atoms with Gasteiger partial charge in [-0.25, -0.2) is 0 Å². The summed E-state index contributed by atoms with van der Waals surface area (Å²) < 4.78 is 0. The van der Waals surface area contributed by atoms with Gasteiger partial charge in [0.05, 0.1) is 0 Å². The van der Waals surface area contributed by atoms with Gasteiger partial charge in [-0.05, 0) is 6.42 Å². The zero-order valence-corrected chi connectivity index (χ0v) is 12.7. The minimum Gasteiger partial charge on any atom is -0.0928 e. The molecule has 0 aromatic rings. The summed E-state index contributed by atoms with van der Waals surface area (Å²) in [5.41, 5.74) is 0. The van der Waals surface area contributed by atoms with E-state index in [1.54, 1.807) is 0 Å². The normalized spacial score (nSPS) is 10.8. The molecular weight excluding hydrogens is 240 g/mol. The van der Waals surface area contributed by atoms with Crippen LogP contribution in [-0.2, 0) is 0 Å². The number of hydrogen-bond donors (Lipinski definition) is 0. The van der Waals surface area contributed by atoms with Crippen molar-refractivity contribution in [3.8, 4) is 0 Å². The van der Waals surface area contributed by atoms with Crippen molar-refractivity contribution in [2.24, 2.45) is 0 Å². The van der Waals surface area contributed by atoms with Gasteiger partial charge >= 0.3 is 0 Å². The molecule has 2 heteroatoms. The summed E-state index contributed by atoms with van der Waals surface area (Å²) >= 11 is 3.46. The van der Waals surface area contributed by atoms with Crippen LogP contribution in [0.4, 0.5) is 0 Å². The second-order valence-electron chi connectivity index (χ2n) is 3.87. The van der Waals surface area contributed by atoms with Crippen LogP contribution in [0, 0.1) is 0 Å². The molecule has 0 saturated carbocycles. The van der Waals surface area contributed by atoms with Gasteiger partial charge in [0.25, 0.3) is 0 Å². The first kappa shape index (κ1) is 13.7. The van der Waals surface area contributed by atoms with Crippen molar-refractivity contribution in [3.05, 3.63) is 0 Å². The van der Waals surface area contributed by atoms with Crippen LogP contribution in [0.1, 0.15) is 57.8 Å². The van der Waals surface area contributed by atoms with E-state index in [4.69, 9.17) is 0 Å². The van der Waals surface area contributed by atoms with E-state index in [1.165, 1.54) is 79.4 Å². The summed E-state index contributed by atoms with van der Waals surface area (Å²) in [4.78, 5) is 0. The van der Waals surface area contributed by atoms with Crippen LogP contribution < -0.4 is 0 Å². The molecule has 0 heterocycles. The fourth-order valence-electron chi connectivity index (χ4n) is 1.58. The Morgan fingerprint density at radius 1 is 0.615 bits per heavy atom. The Morgan fingerprint density at radius 2 is 1.00 bits per heavy atom. The van der Waals surface area contributed by atoms with Gasteiger partial charge < -0.3 is 0 Å². The van der Waals surface area contributed by atoms with Crippen molar-refractivity contribution >= 4 is 26.2 Å². The molecule has 0 fully saturated rings. The maximum atomic E-state index is 3.46. The van der Waals surface area contributed by atoms with Crippen LogP contribution in [0.3, 0.4) is 0 Å². The molecule has 0 amide bonds. The Morgan fingerprint density at radius 3 is 1.38 bits per heavy atom. The molecular formula is C11H25BrSi. The van der Waals surface area contributed by atoms with E-state index in [9.17, 15) is 0 Å². The van der Waals surface area contributed by atoms with E-state index >= 15 is 0 Å². The van der Waals surface area contributed by atoms with E-state index in [0.29, 0.717) is 0 Å². The fourth-order valence-corrected chi connectivity index (χ4v) is 2.48. The Bertz CT molecular complexity index is 76.2.